The Bertz CT molecular complexity index is 862. The first-order valence-corrected chi connectivity index (χ1v) is 13.3. The summed E-state index contributed by atoms with van der Waals surface area (Å²) in [7, 11) is 0. The van der Waals surface area contributed by atoms with Crippen molar-refractivity contribution >= 4 is 24.0 Å². The SMILES string of the molecule is C=Cc1cccc(C(C(=O)NC(C)CCC)N(CCCCCC)C(=O)C(C)NC(=O)OC(C)(C)C)c1. The van der Waals surface area contributed by atoms with E-state index in [4.69, 9.17) is 4.74 Å². The maximum Gasteiger partial charge on any atom is 0.408 e. The molecule has 0 saturated carbocycles. The number of benzene rings is 1. The zero-order valence-corrected chi connectivity index (χ0v) is 23.4. The van der Waals surface area contributed by atoms with Gasteiger partial charge in [-0.25, -0.2) is 4.79 Å². The van der Waals surface area contributed by atoms with Crippen molar-refractivity contribution in [3.63, 3.8) is 0 Å². The fourth-order valence-electron chi connectivity index (χ4n) is 4.03. The molecule has 202 valence electrons. The molecule has 7 heteroatoms. The molecule has 0 bridgehead atoms. The fraction of sp³-hybridized carbons (Fsp3) is 0.621. The average molecular weight is 502 g/mol. The molecule has 2 N–H and O–H groups in total. The molecule has 0 spiro atoms. The van der Waals surface area contributed by atoms with E-state index in [1.165, 1.54) is 0 Å². The van der Waals surface area contributed by atoms with Crippen molar-refractivity contribution in [1.29, 1.82) is 0 Å². The topological polar surface area (TPSA) is 87.7 Å². The second-order valence-corrected chi connectivity index (χ2v) is 10.4. The number of carbonyl (C=O) groups excluding carboxylic acids is 3. The van der Waals surface area contributed by atoms with Crippen LogP contribution in [0.5, 0.6) is 0 Å². The van der Waals surface area contributed by atoms with Gasteiger partial charge in [-0.2, -0.15) is 0 Å². The minimum Gasteiger partial charge on any atom is -0.444 e. The number of hydrogen-bond acceptors (Lipinski definition) is 4. The van der Waals surface area contributed by atoms with E-state index in [1.54, 1.807) is 38.7 Å². The Labute approximate surface area is 218 Å². The van der Waals surface area contributed by atoms with Crippen molar-refractivity contribution in [3.8, 4) is 0 Å². The molecule has 0 heterocycles. The third kappa shape index (κ3) is 10.8. The van der Waals surface area contributed by atoms with E-state index in [1.807, 2.05) is 31.2 Å². The molecule has 0 aliphatic carbocycles. The molecule has 3 atom stereocenters. The van der Waals surface area contributed by atoms with Crippen LogP contribution in [0.2, 0.25) is 0 Å². The van der Waals surface area contributed by atoms with Gasteiger partial charge in [0.25, 0.3) is 0 Å². The highest BCUT2D eigenvalue weighted by Crippen LogP contribution is 2.25. The van der Waals surface area contributed by atoms with Crippen molar-refractivity contribution in [3.05, 3.63) is 42.0 Å². The van der Waals surface area contributed by atoms with Crippen molar-refractivity contribution in [2.45, 2.75) is 111 Å². The molecule has 0 saturated heterocycles. The van der Waals surface area contributed by atoms with Gasteiger partial charge in [-0.1, -0.05) is 70.4 Å². The van der Waals surface area contributed by atoms with E-state index < -0.39 is 23.8 Å². The third-order valence-electron chi connectivity index (χ3n) is 5.77. The van der Waals surface area contributed by atoms with Crippen LogP contribution in [0, 0.1) is 0 Å². The summed E-state index contributed by atoms with van der Waals surface area (Å²) in [5.41, 5.74) is 0.891. The zero-order valence-electron chi connectivity index (χ0n) is 23.4. The number of rotatable bonds is 14. The second-order valence-electron chi connectivity index (χ2n) is 10.4. The first-order chi connectivity index (χ1) is 16.9. The van der Waals surface area contributed by atoms with Gasteiger partial charge >= 0.3 is 6.09 Å². The van der Waals surface area contributed by atoms with Gasteiger partial charge in [0.1, 0.15) is 17.7 Å². The molecule has 1 aromatic carbocycles. The van der Waals surface area contributed by atoms with E-state index in [0.29, 0.717) is 12.1 Å². The molecule has 0 aromatic heterocycles. The smallest absolute Gasteiger partial charge is 0.408 e. The Balaban J connectivity index is 3.37. The predicted octanol–water partition coefficient (Wildman–Crippen LogP) is 6.00. The molecule has 3 unspecified atom stereocenters. The normalized spacial score (nSPS) is 13.8. The fourth-order valence-corrected chi connectivity index (χ4v) is 4.03. The predicted molar refractivity (Wildman–Crippen MR) is 146 cm³/mol. The summed E-state index contributed by atoms with van der Waals surface area (Å²) in [4.78, 5) is 41.4. The molecule has 0 aliphatic rings. The Kier molecular flexibility index (Phi) is 13.3. The Morgan fingerprint density at radius 1 is 1.06 bits per heavy atom. The van der Waals surface area contributed by atoms with Crippen LogP contribution in [0.25, 0.3) is 6.08 Å². The number of unbranched alkanes of at least 4 members (excludes halogenated alkanes) is 3. The van der Waals surface area contributed by atoms with Gasteiger partial charge in [-0.3, -0.25) is 9.59 Å². The molecule has 1 rings (SSSR count). The Hall–Kier alpha value is -2.83. The number of alkyl carbamates (subject to hydrolysis) is 1. The molecular formula is C29H47N3O4. The quantitative estimate of drug-likeness (QED) is 0.306. The number of amides is 3. The summed E-state index contributed by atoms with van der Waals surface area (Å²) in [6, 6.07) is 5.80. The molecule has 0 radical (unpaired) electrons. The number of hydrogen-bond donors (Lipinski definition) is 2. The lowest BCUT2D eigenvalue weighted by molar-refractivity contribution is -0.142. The average Bonchev–Trinajstić information content (AvgIpc) is 2.79. The molecular weight excluding hydrogens is 454 g/mol. The maximum absolute atomic E-state index is 13.7. The highest BCUT2D eigenvalue weighted by Gasteiger charge is 2.35. The van der Waals surface area contributed by atoms with Crippen LogP contribution in [0.4, 0.5) is 4.79 Å². The number of carbonyl (C=O) groups is 3. The lowest BCUT2D eigenvalue weighted by atomic mass is 9.99. The van der Waals surface area contributed by atoms with Gasteiger partial charge in [0, 0.05) is 12.6 Å². The van der Waals surface area contributed by atoms with Gasteiger partial charge in [0.2, 0.25) is 11.8 Å². The first kappa shape index (κ1) is 31.2. The molecule has 0 aliphatic heterocycles. The van der Waals surface area contributed by atoms with Crippen LogP contribution in [0.3, 0.4) is 0 Å². The first-order valence-electron chi connectivity index (χ1n) is 13.3. The highest BCUT2D eigenvalue weighted by atomic mass is 16.6. The summed E-state index contributed by atoms with van der Waals surface area (Å²) in [5, 5.41) is 5.74. The van der Waals surface area contributed by atoms with Crippen LogP contribution >= 0.6 is 0 Å². The van der Waals surface area contributed by atoms with Crippen LogP contribution < -0.4 is 10.6 Å². The molecule has 3 amide bonds. The zero-order chi connectivity index (χ0) is 27.3. The number of nitrogens with zero attached hydrogens (tertiary/aromatic N) is 1. The lowest BCUT2D eigenvalue weighted by Crippen LogP contribution is -2.52. The summed E-state index contributed by atoms with van der Waals surface area (Å²) >= 11 is 0. The van der Waals surface area contributed by atoms with Gasteiger partial charge in [-0.15, -0.1) is 0 Å². The van der Waals surface area contributed by atoms with Crippen LogP contribution in [-0.2, 0) is 14.3 Å². The highest BCUT2D eigenvalue weighted by molar-refractivity contribution is 5.92. The van der Waals surface area contributed by atoms with Crippen LogP contribution in [-0.4, -0.2) is 47.0 Å². The molecule has 36 heavy (non-hydrogen) atoms. The minimum atomic E-state index is -0.864. The number of ether oxygens (including phenoxy) is 1. The van der Waals surface area contributed by atoms with E-state index in [-0.39, 0.29) is 17.9 Å². The minimum absolute atomic E-state index is 0.0260. The molecule has 7 nitrogen and oxygen atoms in total. The van der Waals surface area contributed by atoms with Crippen molar-refractivity contribution < 1.29 is 19.1 Å². The maximum atomic E-state index is 13.7. The van der Waals surface area contributed by atoms with Crippen molar-refractivity contribution in [2.24, 2.45) is 0 Å². The summed E-state index contributed by atoms with van der Waals surface area (Å²) in [6.45, 7) is 17.3. The Morgan fingerprint density at radius 3 is 2.33 bits per heavy atom. The standard InChI is InChI=1S/C29H47N3O4/c1-9-12-13-14-19-32(27(34)22(5)31-28(35)36-29(6,7)8)25(26(33)30-21(4)16-10-2)24-18-15-17-23(11-3)20-24/h11,15,17-18,20-22,25H,3,9-10,12-14,16,19H2,1-2,4-8H3,(H,30,33)(H,31,35). The van der Waals surface area contributed by atoms with Crippen LogP contribution in [0.1, 0.15) is 104 Å². The summed E-state index contributed by atoms with van der Waals surface area (Å²) in [6.07, 6.45) is 6.64. The van der Waals surface area contributed by atoms with E-state index in [9.17, 15) is 14.4 Å². The van der Waals surface area contributed by atoms with E-state index >= 15 is 0 Å². The monoisotopic (exact) mass is 501 g/mol. The third-order valence-corrected chi connectivity index (χ3v) is 5.77. The van der Waals surface area contributed by atoms with Gasteiger partial charge in [-0.05, 0) is 64.7 Å². The van der Waals surface area contributed by atoms with Crippen molar-refractivity contribution in [2.75, 3.05) is 6.54 Å². The summed E-state index contributed by atoms with van der Waals surface area (Å²) in [5.74, 6) is -0.560. The van der Waals surface area contributed by atoms with Gasteiger partial charge < -0.3 is 20.3 Å². The van der Waals surface area contributed by atoms with E-state index in [2.05, 4.69) is 31.1 Å². The lowest BCUT2D eigenvalue weighted by Gasteiger charge is -2.34. The molecule has 1 aromatic rings. The summed E-state index contributed by atoms with van der Waals surface area (Å²) < 4.78 is 5.34. The number of nitrogens with one attached hydrogen (secondary N) is 2. The Morgan fingerprint density at radius 2 is 1.75 bits per heavy atom. The van der Waals surface area contributed by atoms with Gasteiger partial charge in [0.05, 0.1) is 0 Å². The second kappa shape index (κ2) is 15.3. The van der Waals surface area contributed by atoms with Crippen molar-refractivity contribution in [1.82, 2.24) is 15.5 Å². The van der Waals surface area contributed by atoms with Crippen LogP contribution in [0.15, 0.2) is 30.8 Å². The van der Waals surface area contributed by atoms with Gasteiger partial charge in [0.15, 0.2) is 0 Å². The molecule has 0 fully saturated rings. The largest absolute Gasteiger partial charge is 0.444 e. The van der Waals surface area contributed by atoms with E-state index in [0.717, 1.165) is 44.1 Å².